The van der Waals surface area contributed by atoms with Gasteiger partial charge in [0.1, 0.15) is 8.24 Å². The molecule has 0 unspecified atom stereocenters. The lowest BCUT2D eigenvalue weighted by atomic mass is 10.5. The van der Waals surface area contributed by atoms with Gasteiger partial charge in [-0.2, -0.15) is 0 Å². The molecule has 0 saturated carbocycles. The molecular weight excluding hydrogens is 230 g/mol. The molecule has 2 nitrogen and oxygen atoms in total. The first-order valence-corrected chi connectivity index (χ1v) is 12.8. The van der Waals surface area contributed by atoms with E-state index in [1.807, 2.05) is 0 Å². The lowest BCUT2D eigenvalue weighted by molar-refractivity contribution is 0.0689. The summed E-state index contributed by atoms with van der Waals surface area (Å²) >= 11 is 0. The summed E-state index contributed by atoms with van der Waals surface area (Å²) in [7, 11) is -2.30. The van der Waals surface area contributed by atoms with Crippen molar-refractivity contribution in [2.75, 3.05) is 26.3 Å². The molecule has 0 radical (unpaired) electrons. The van der Waals surface area contributed by atoms with Crippen LogP contribution in [0.1, 0.15) is 0 Å². The van der Waals surface area contributed by atoms with Gasteiger partial charge < -0.3 is 9.30 Å². The maximum absolute atomic E-state index is 5.43. The molecule has 1 heterocycles. The number of ether oxygens (including phenoxy) is 1. The molecule has 1 aliphatic rings. The summed E-state index contributed by atoms with van der Waals surface area (Å²) in [6.07, 6.45) is 0. The van der Waals surface area contributed by atoms with Crippen molar-refractivity contribution >= 4 is 16.3 Å². The second-order valence-electron chi connectivity index (χ2n) is 6.10. The van der Waals surface area contributed by atoms with Gasteiger partial charge in [-0.15, -0.1) is 12.3 Å². The molecular formula is C12H27NOSi2. The van der Waals surface area contributed by atoms with Gasteiger partial charge in [0, 0.05) is 13.1 Å². The molecule has 0 spiro atoms. The van der Waals surface area contributed by atoms with Crippen LogP contribution in [0, 0.1) is 0 Å². The fraction of sp³-hybridized carbons (Fsp3) is 0.833. The van der Waals surface area contributed by atoms with Gasteiger partial charge in [0.2, 0.25) is 0 Å². The molecule has 1 saturated heterocycles. The maximum Gasteiger partial charge on any atom is 0.122 e. The van der Waals surface area contributed by atoms with Crippen LogP contribution in [-0.4, -0.2) is 47.2 Å². The van der Waals surface area contributed by atoms with Crippen molar-refractivity contribution in [2.45, 2.75) is 38.3 Å². The molecule has 0 amide bonds. The van der Waals surface area contributed by atoms with E-state index in [9.17, 15) is 0 Å². The van der Waals surface area contributed by atoms with Crippen LogP contribution in [0.5, 0.6) is 0 Å². The van der Waals surface area contributed by atoms with Crippen LogP contribution in [0.4, 0.5) is 0 Å². The molecule has 0 bridgehead atoms. The molecule has 0 aromatic rings. The normalized spacial score (nSPS) is 19.8. The van der Waals surface area contributed by atoms with E-state index >= 15 is 0 Å². The zero-order valence-electron chi connectivity index (χ0n) is 11.4. The molecule has 0 aromatic carbocycles. The summed E-state index contributed by atoms with van der Waals surface area (Å²) < 4.78 is 8.15. The van der Waals surface area contributed by atoms with Crippen LogP contribution >= 0.6 is 0 Å². The Morgan fingerprint density at radius 1 is 1.12 bits per heavy atom. The van der Waals surface area contributed by atoms with Gasteiger partial charge in [0.25, 0.3) is 0 Å². The number of rotatable bonds is 5. The second-order valence-corrected chi connectivity index (χ2v) is 15.7. The molecule has 0 aliphatic carbocycles. The van der Waals surface area contributed by atoms with E-state index in [1.165, 1.54) is 12.1 Å². The molecule has 0 atom stereocenters. The zero-order chi connectivity index (χ0) is 12.2. The lowest BCUT2D eigenvalue weighted by Gasteiger charge is -2.40. The third-order valence-corrected chi connectivity index (χ3v) is 10.6. The molecule has 1 fully saturated rings. The van der Waals surface area contributed by atoms with Crippen molar-refractivity contribution in [3.8, 4) is 0 Å². The Balaban J connectivity index is 2.46. The van der Waals surface area contributed by atoms with E-state index in [4.69, 9.17) is 4.74 Å². The minimum absolute atomic E-state index is 0.929. The Morgan fingerprint density at radius 3 is 2.19 bits per heavy atom. The quantitative estimate of drug-likeness (QED) is 0.702. The monoisotopic (exact) mass is 257 g/mol. The van der Waals surface area contributed by atoms with Crippen molar-refractivity contribution in [1.82, 2.24) is 4.57 Å². The SMILES string of the molecule is C=C[Si](C)(C)CC[Si](C)(C)N1CCOCC1. The molecule has 1 rings (SSSR count). The van der Waals surface area contributed by atoms with Crippen molar-refractivity contribution in [3.63, 3.8) is 0 Å². The average molecular weight is 258 g/mol. The smallest absolute Gasteiger partial charge is 0.122 e. The summed E-state index contributed by atoms with van der Waals surface area (Å²) in [5.41, 5.74) is 2.23. The van der Waals surface area contributed by atoms with Crippen molar-refractivity contribution in [3.05, 3.63) is 12.3 Å². The van der Waals surface area contributed by atoms with Gasteiger partial charge >= 0.3 is 0 Å². The van der Waals surface area contributed by atoms with Gasteiger partial charge in [0.15, 0.2) is 0 Å². The summed E-state index contributed by atoms with van der Waals surface area (Å²) in [5, 5.41) is 0. The average Bonchev–Trinajstić information content (AvgIpc) is 2.28. The summed E-state index contributed by atoms with van der Waals surface area (Å²) in [6, 6.07) is 2.81. The van der Waals surface area contributed by atoms with Crippen LogP contribution < -0.4 is 0 Å². The molecule has 0 N–H and O–H groups in total. The van der Waals surface area contributed by atoms with E-state index in [2.05, 4.69) is 43.0 Å². The Kier molecular flexibility index (Phi) is 4.97. The highest BCUT2D eigenvalue weighted by Gasteiger charge is 2.32. The summed E-state index contributed by atoms with van der Waals surface area (Å²) in [4.78, 5) is 0. The predicted molar refractivity (Wildman–Crippen MR) is 77.2 cm³/mol. The molecule has 94 valence electrons. The number of morpholine rings is 1. The second kappa shape index (κ2) is 5.62. The molecule has 4 heteroatoms. The van der Waals surface area contributed by atoms with Crippen LogP contribution in [0.2, 0.25) is 38.3 Å². The molecule has 1 aliphatic heterocycles. The van der Waals surface area contributed by atoms with E-state index in [-0.39, 0.29) is 0 Å². The Bertz CT molecular complexity index is 235. The van der Waals surface area contributed by atoms with Crippen LogP contribution in [0.3, 0.4) is 0 Å². The number of nitrogens with zero attached hydrogens (tertiary/aromatic N) is 1. The highest BCUT2D eigenvalue weighted by molar-refractivity contribution is 6.84. The topological polar surface area (TPSA) is 12.5 Å². The summed E-state index contributed by atoms with van der Waals surface area (Å²) in [6.45, 7) is 18.0. The third kappa shape index (κ3) is 4.16. The van der Waals surface area contributed by atoms with E-state index in [0.717, 1.165) is 26.3 Å². The van der Waals surface area contributed by atoms with Gasteiger partial charge in [-0.25, -0.2) is 0 Å². The van der Waals surface area contributed by atoms with Crippen LogP contribution in [0.25, 0.3) is 0 Å². The van der Waals surface area contributed by atoms with Crippen LogP contribution in [0.15, 0.2) is 12.3 Å². The first-order valence-electron chi connectivity index (χ1n) is 6.34. The Hall–Kier alpha value is 0.0938. The Labute approximate surface area is 103 Å². The van der Waals surface area contributed by atoms with Gasteiger partial charge in [-0.3, -0.25) is 0 Å². The predicted octanol–water partition coefficient (Wildman–Crippen LogP) is 2.96. The van der Waals surface area contributed by atoms with E-state index in [1.54, 1.807) is 0 Å². The fourth-order valence-corrected chi connectivity index (χ4v) is 9.00. The van der Waals surface area contributed by atoms with Gasteiger partial charge in [0.05, 0.1) is 21.3 Å². The maximum atomic E-state index is 5.43. The van der Waals surface area contributed by atoms with Crippen molar-refractivity contribution in [1.29, 1.82) is 0 Å². The van der Waals surface area contributed by atoms with Gasteiger partial charge in [-0.05, 0) is 6.04 Å². The van der Waals surface area contributed by atoms with Crippen molar-refractivity contribution < 1.29 is 4.74 Å². The standard InChI is InChI=1S/C12H27NOSi2/c1-6-15(2,3)11-12-16(4,5)13-7-9-14-10-8-13/h6H,1,7-12H2,2-5H3. The zero-order valence-corrected chi connectivity index (χ0v) is 13.4. The lowest BCUT2D eigenvalue weighted by Crippen LogP contribution is -2.54. The largest absolute Gasteiger partial charge is 0.379 e. The molecule has 0 aromatic heterocycles. The van der Waals surface area contributed by atoms with E-state index in [0.29, 0.717) is 0 Å². The van der Waals surface area contributed by atoms with Crippen LogP contribution in [-0.2, 0) is 4.74 Å². The number of hydrogen-bond acceptors (Lipinski definition) is 2. The van der Waals surface area contributed by atoms with E-state index < -0.39 is 16.3 Å². The minimum atomic E-state index is -1.19. The number of hydrogen-bond donors (Lipinski definition) is 0. The van der Waals surface area contributed by atoms with Crippen molar-refractivity contribution in [2.24, 2.45) is 0 Å². The first kappa shape index (κ1) is 14.2. The third-order valence-electron chi connectivity index (χ3n) is 3.80. The van der Waals surface area contributed by atoms with Gasteiger partial charge in [-0.1, -0.05) is 32.2 Å². The molecule has 16 heavy (non-hydrogen) atoms. The highest BCUT2D eigenvalue weighted by Crippen LogP contribution is 2.24. The first-order chi connectivity index (χ1) is 7.37. The fourth-order valence-electron chi connectivity index (χ4n) is 2.06. The highest BCUT2D eigenvalue weighted by atomic mass is 28.3. The summed E-state index contributed by atoms with van der Waals surface area (Å²) in [5.74, 6) is 0. The minimum Gasteiger partial charge on any atom is -0.379 e. The Morgan fingerprint density at radius 2 is 1.69 bits per heavy atom.